The second-order valence-corrected chi connectivity index (χ2v) is 6.64. The van der Waals surface area contributed by atoms with Crippen molar-refractivity contribution in [2.75, 3.05) is 5.32 Å². The SMILES string of the molecule is Cc1nc(NCc2nc(C(C)(C)C)no2)c2c(C)nn(C)c2n1. The molecule has 0 aliphatic carbocycles. The number of nitrogens with zero attached hydrogens (tertiary/aromatic N) is 6. The first kappa shape index (κ1) is 15.4. The maximum Gasteiger partial charge on any atom is 0.246 e. The molecule has 3 heterocycles. The fourth-order valence-electron chi connectivity index (χ4n) is 2.37. The predicted molar refractivity (Wildman–Crippen MR) is 86.1 cm³/mol. The zero-order valence-electron chi connectivity index (χ0n) is 14.3. The number of anilines is 1. The molecule has 0 radical (unpaired) electrons. The fraction of sp³-hybridized carbons (Fsp3) is 0.533. The molecule has 0 bridgehead atoms. The third kappa shape index (κ3) is 2.88. The van der Waals surface area contributed by atoms with E-state index < -0.39 is 0 Å². The van der Waals surface area contributed by atoms with Crippen LogP contribution in [0.5, 0.6) is 0 Å². The van der Waals surface area contributed by atoms with Gasteiger partial charge in [-0.1, -0.05) is 25.9 Å². The molecule has 0 fully saturated rings. The largest absolute Gasteiger partial charge is 0.360 e. The Balaban J connectivity index is 1.89. The molecule has 0 aliphatic rings. The van der Waals surface area contributed by atoms with Crippen molar-refractivity contribution < 1.29 is 4.52 Å². The Labute approximate surface area is 134 Å². The Morgan fingerprint density at radius 3 is 2.52 bits per heavy atom. The van der Waals surface area contributed by atoms with Gasteiger partial charge in [0.1, 0.15) is 11.6 Å². The average Bonchev–Trinajstić information content (AvgIpc) is 3.02. The third-order valence-electron chi connectivity index (χ3n) is 3.52. The average molecular weight is 315 g/mol. The summed E-state index contributed by atoms with van der Waals surface area (Å²) in [6.07, 6.45) is 0. The Kier molecular flexibility index (Phi) is 3.54. The van der Waals surface area contributed by atoms with E-state index in [1.807, 2.05) is 41.7 Å². The number of fused-ring (bicyclic) bond motifs is 1. The van der Waals surface area contributed by atoms with Crippen LogP contribution >= 0.6 is 0 Å². The lowest BCUT2D eigenvalue weighted by Crippen LogP contribution is -2.13. The van der Waals surface area contributed by atoms with Crippen molar-refractivity contribution in [1.29, 1.82) is 0 Å². The van der Waals surface area contributed by atoms with Crippen LogP contribution in [-0.4, -0.2) is 29.9 Å². The second-order valence-electron chi connectivity index (χ2n) is 6.64. The van der Waals surface area contributed by atoms with E-state index in [0.717, 1.165) is 22.5 Å². The minimum atomic E-state index is -0.138. The van der Waals surface area contributed by atoms with E-state index >= 15 is 0 Å². The Morgan fingerprint density at radius 2 is 1.87 bits per heavy atom. The predicted octanol–water partition coefficient (Wildman–Crippen LogP) is 2.27. The molecule has 23 heavy (non-hydrogen) atoms. The second kappa shape index (κ2) is 5.29. The summed E-state index contributed by atoms with van der Waals surface area (Å²) in [5.74, 6) is 2.63. The number of rotatable bonds is 3. The standard InChI is InChI=1S/C15H21N7O/c1-8-11-12(17-9(2)18-13(11)22(6)20-8)16-7-10-19-14(21-23-10)15(3,4)5/h7H2,1-6H3,(H,16,17,18). The first-order valence-electron chi connectivity index (χ1n) is 7.50. The van der Waals surface area contributed by atoms with Gasteiger partial charge in [0.05, 0.1) is 17.6 Å². The Bertz CT molecular complexity index is 857. The summed E-state index contributed by atoms with van der Waals surface area (Å²) >= 11 is 0. The number of hydrogen-bond acceptors (Lipinski definition) is 7. The quantitative estimate of drug-likeness (QED) is 0.792. The van der Waals surface area contributed by atoms with Gasteiger partial charge in [0.15, 0.2) is 11.5 Å². The van der Waals surface area contributed by atoms with Gasteiger partial charge in [-0.25, -0.2) is 9.97 Å². The van der Waals surface area contributed by atoms with Gasteiger partial charge in [-0.2, -0.15) is 10.1 Å². The first-order valence-corrected chi connectivity index (χ1v) is 7.50. The highest BCUT2D eigenvalue weighted by molar-refractivity contribution is 5.89. The van der Waals surface area contributed by atoms with Crippen molar-refractivity contribution in [2.24, 2.45) is 7.05 Å². The lowest BCUT2D eigenvalue weighted by atomic mass is 9.96. The zero-order chi connectivity index (χ0) is 16.8. The summed E-state index contributed by atoms with van der Waals surface area (Å²) < 4.78 is 7.06. The minimum Gasteiger partial charge on any atom is -0.360 e. The van der Waals surface area contributed by atoms with Gasteiger partial charge in [0.25, 0.3) is 0 Å². The number of aryl methyl sites for hydroxylation is 3. The monoisotopic (exact) mass is 315 g/mol. The van der Waals surface area contributed by atoms with Gasteiger partial charge in [0.2, 0.25) is 5.89 Å². The summed E-state index contributed by atoms with van der Waals surface area (Å²) in [5.41, 5.74) is 1.55. The molecule has 3 aromatic rings. The number of hydrogen-bond donors (Lipinski definition) is 1. The summed E-state index contributed by atoms with van der Waals surface area (Å²) in [5, 5.41) is 12.6. The molecule has 0 spiro atoms. The van der Waals surface area contributed by atoms with Crippen molar-refractivity contribution >= 4 is 16.9 Å². The molecule has 122 valence electrons. The van der Waals surface area contributed by atoms with E-state index in [-0.39, 0.29) is 5.41 Å². The molecule has 0 saturated carbocycles. The lowest BCUT2D eigenvalue weighted by Gasteiger charge is -2.11. The van der Waals surface area contributed by atoms with Crippen LogP contribution < -0.4 is 5.32 Å². The summed E-state index contributed by atoms with van der Waals surface area (Å²) in [7, 11) is 1.87. The Hall–Kier alpha value is -2.51. The highest BCUT2D eigenvalue weighted by Gasteiger charge is 2.21. The summed E-state index contributed by atoms with van der Waals surface area (Å²) in [6, 6.07) is 0. The van der Waals surface area contributed by atoms with E-state index in [2.05, 4.69) is 30.5 Å². The highest BCUT2D eigenvalue weighted by atomic mass is 16.5. The maximum atomic E-state index is 5.30. The smallest absolute Gasteiger partial charge is 0.246 e. The van der Waals surface area contributed by atoms with E-state index in [0.29, 0.717) is 24.1 Å². The van der Waals surface area contributed by atoms with Gasteiger partial charge in [-0.15, -0.1) is 0 Å². The van der Waals surface area contributed by atoms with Gasteiger partial charge in [0, 0.05) is 12.5 Å². The fourth-order valence-corrected chi connectivity index (χ4v) is 2.37. The molecular formula is C15H21N7O. The first-order chi connectivity index (χ1) is 10.8. The van der Waals surface area contributed by atoms with Gasteiger partial charge in [-0.3, -0.25) is 4.68 Å². The van der Waals surface area contributed by atoms with Crippen molar-refractivity contribution in [1.82, 2.24) is 29.9 Å². The van der Waals surface area contributed by atoms with Crippen LogP contribution in [0.15, 0.2) is 4.52 Å². The van der Waals surface area contributed by atoms with E-state index in [9.17, 15) is 0 Å². The van der Waals surface area contributed by atoms with Gasteiger partial charge < -0.3 is 9.84 Å². The van der Waals surface area contributed by atoms with Crippen molar-refractivity contribution in [3.8, 4) is 0 Å². The highest BCUT2D eigenvalue weighted by Crippen LogP contribution is 2.24. The molecule has 3 aromatic heterocycles. The molecule has 3 rings (SSSR count). The summed E-state index contributed by atoms with van der Waals surface area (Å²) in [6.45, 7) is 10.3. The van der Waals surface area contributed by atoms with Crippen molar-refractivity contribution in [2.45, 2.75) is 46.6 Å². The van der Waals surface area contributed by atoms with Crippen LogP contribution in [0.1, 0.15) is 44.0 Å². The van der Waals surface area contributed by atoms with E-state index in [4.69, 9.17) is 4.52 Å². The zero-order valence-corrected chi connectivity index (χ0v) is 14.3. The third-order valence-corrected chi connectivity index (χ3v) is 3.52. The lowest BCUT2D eigenvalue weighted by molar-refractivity contribution is 0.367. The molecule has 0 aliphatic heterocycles. The van der Waals surface area contributed by atoms with Gasteiger partial charge >= 0.3 is 0 Å². The van der Waals surface area contributed by atoms with Crippen molar-refractivity contribution in [3.63, 3.8) is 0 Å². The van der Waals surface area contributed by atoms with Gasteiger partial charge in [-0.05, 0) is 13.8 Å². The molecule has 8 heteroatoms. The van der Waals surface area contributed by atoms with Crippen molar-refractivity contribution in [3.05, 3.63) is 23.2 Å². The van der Waals surface area contributed by atoms with Crippen LogP contribution in [0.2, 0.25) is 0 Å². The minimum absolute atomic E-state index is 0.138. The number of nitrogens with one attached hydrogen (secondary N) is 1. The molecule has 0 amide bonds. The molecular weight excluding hydrogens is 294 g/mol. The topological polar surface area (TPSA) is 94.5 Å². The normalized spacial score (nSPS) is 12.1. The number of aromatic nitrogens is 6. The molecule has 8 nitrogen and oxygen atoms in total. The summed E-state index contributed by atoms with van der Waals surface area (Å²) in [4.78, 5) is 13.3. The molecule has 0 saturated heterocycles. The molecule has 0 atom stereocenters. The van der Waals surface area contributed by atoms with E-state index in [1.54, 1.807) is 4.68 Å². The molecule has 0 aromatic carbocycles. The van der Waals surface area contributed by atoms with Crippen LogP contribution in [0, 0.1) is 13.8 Å². The van der Waals surface area contributed by atoms with Crippen LogP contribution in [0.25, 0.3) is 11.0 Å². The maximum absolute atomic E-state index is 5.30. The van der Waals surface area contributed by atoms with Crippen LogP contribution in [0.4, 0.5) is 5.82 Å². The Morgan fingerprint density at radius 1 is 1.13 bits per heavy atom. The molecule has 0 unspecified atom stereocenters. The van der Waals surface area contributed by atoms with Crippen LogP contribution in [0.3, 0.4) is 0 Å². The van der Waals surface area contributed by atoms with E-state index in [1.165, 1.54) is 0 Å². The van der Waals surface area contributed by atoms with Crippen LogP contribution in [-0.2, 0) is 19.0 Å². The molecule has 1 N–H and O–H groups in total.